The third-order valence-electron chi connectivity index (χ3n) is 6.67. The molecule has 3 saturated carbocycles. The molecule has 1 aromatic heterocycles. The topological polar surface area (TPSA) is 80.3 Å². The molecule has 8 heteroatoms. The van der Waals surface area contributed by atoms with Gasteiger partial charge in [0.05, 0.1) is 5.02 Å². The quantitative estimate of drug-likeness (QED) is 0.706. The average molecular weight is 446 g/mol. The first-order chi connectivity index (χ1) is 14.8. The fourth-order valence-electron chi connectivity index (χ4n) is 4.91. The molecule has 1 heterocycles. The molecule has 164 valence electrons. The maximum atomic E-state index is 13.5. The number of pyridine rings is 1. The lowest BCUT2D eigenvalue weighted by molar-refractivity contribution is -0.128. The van der Waals surface area contributed by atoms with E-state index in [2.05, 4.69) is 22.5 Å². The van der Waals surface area contributed by atoms with Crippen molar-refractivity contribution in [3.8, 4) is 5.75 Å². The van der Waals surface area contributed by atoms with E-state index in [9.17, 15) is 14.0 Å². The average Bonchev–Trinajstić information content (AvgIpc) is 2.76. The molecule has 3 aliphatic carbocycles. The van der Waals surface area contributed by atoms with Crippen molar-refractivity contribution in [2.24, 2.45) is 5.92 Å². The Kier molecular flexibility index (Phi) is 5.88. The molecule has 0 saturated heterocycles. The number of halogens is 2. The summed E-state index contributed by atoms with van der Waals surface area (Å²) in [6.45, 7) is 1.91. The standard InChI is InChI=1S/C23H25ClFN3O3/c1-15-13-22(28-21(30)19-4-2-3-11-26-19)7-9-23(15,10-8-22)27-20(29)14-31-16-5-6-17(24)18(25)12-16/h2-6,11-12,15H,7-10,13-14H2,1H3,(H,27,29)(H,28,30)/t15-,22?,23?/m0/s1. The Hall–Kier alpha value is -2.67. The van der Waals surface area contributed by atoms with E-state index < -0.39 is 5.82 Å². The van der Waals surface area contributed by atoms with Gasteiger partial charge in [0.15, 0.2) is 6.61 Å². The fraction of sp³-hybridized carbons (Fsp3) is 0.435. The predicted molar refractivity (Wildman–Crippen MR) is 114 cm³/mol. The Bertz CT molecular complexity index is 977. The lowest BCUT2D eigenvalue weighted by Crippen LogP contribution is -2.67. The first-order valence-corrected chi connectivity index (χ1v) is 10.8. The van der Waals surface area contributed by atoms with Gasteiger partial charge in [-0.25, -0.2) is 4.39 Å². The summed E-state index contributed by atoms with van der Waals surface area (Å²) in [6, 6.07) is 9.37. The molecule has 0 spiro atoms. The molecule has 0 radical (unpaired) electrons. The van der Waals surface area contributed by atoms with Gasteiger partial charge in [-0.05, 0) is 62.3 Å². The van der Waals surface area contributed by atoms with E-state index in [1.807, 2.05) is 0 Å². The molecule has 1 aromatic carbocycles. The molecule has 3 aliphatic rings. The van der Waals surface area contributed by atoms with Crippen LogP contribution in [0.15, 0.2) is 42.6 Å². The zero-order valence-corrected chi connectivity index (χ0v) is 18.0. The third kappa shape index (κ3) is 4.51. The maximum absolute atomic E-state index is 13.5. The molecular formula is C23H25ClFN3O3. The van der Waals surface area contributed by atoms with Crippen LogP contribution in [0.3, 0.4) is 0 Å². The van der Waals surface area contributed by atoms with Crippen molar-refractivity contribution in [2.45, 2.75) is 50.1 Å². The first-order valence-electron chi connectivity index (χ1n) is 10.4. The summed E-state index contributed by atoms with van der Waals surface area (Å²) in [7, 11) is 0. The van der Waals surface area contributed by atoms with Gasteiger partial charge in [-0.1, -0.05) is 24.6 Å². The number of benzene rings is 1. The van der Waals surface area contributed by atoms with Crippen molar-refractivity contribution in [1.29, 1.82) is 0 Å². The van der Waals surface area contributed by atoms with E-state index in [1.165, 1.54) is 12.1 Å². The lowest BCUT2D eigenvalue weighted by Gasteiger charge is -2.57. The number of amides is 2. The molecule has 3 fully saturated rings. The number of rotatable bonds is 6. The molecule has 2 aromatic rings. The molecule has 2 N–H and O–H groups in total. The van der Waals surface area contributed by atoms with Gasteiger partial charge in [0, 0.05) is 23.3 Å². The normalized spacial score (nSPS) is 26.9. The molecule has 0 aliphatic heterocycles. The van der Waals surface area contributed by atoms with E-state index in [0.29, 0.717) is 5.69 Å². The van der Waals surface area contributed by atoms with Crippen LogP contribution in [0.2, 0.25) is 5.02 Å². The summed E-state index contributed by atoms with van der Waals surface area (Å²) in [6.07, 6.45) is 5.53. The summed E-state index contributed by atoms with van der Waals surface area (Å²) in [4.78, 5) is 29.3. The van der Waals surface area contributed by atoms with Crippen LogP contribution in [0.25, 0.3) is 0 Å². The van der Waals surface area contributed by atoms with E-state index in [-0.39, 0.29) is 46.2 Å². The summed E-state index contributed by atoms with van der Waals surface area (Å²) >= 11 is 5.67. The Morgan fingerprint density at radius 1 is 1.19 bits per heavy atom. The van der Waals surface area contributed by atoms with Gasteiger partial charge in [0.2, 0.25) is 0 Å². The number of carbonyl (C=O) groups excluding carboxylic acids is 2. The number of hydrogen-bond donors (Lipinski definition) is 2. The minimum atomic E-state index is -0.588. The zero-order valence-electron chi connectivity index (χ0n) is 17.3. The Labute approximate surface area is 185 Å². The smallest absolute Gasteiger partial charge is 0.270 e. The Morgan fingerprint density at radius 3 is 2.61 bits per heavy atom. The number of aromatic nitrogens is 1. The van der Waals surface area contributed by atoms with E-state index in [4.69, 9.17) is 16.3 Å². The van der Waals surface area contributed by atoms with Gasteiger partial charge in [0.1, 0.15) is 17.3 Å². The summed E-state index contributed by atoms with van der Waals surface area (Å²) in [5.74, 6) is -0.540. The number of nitrogens with one attached hydrogen (secondary N) is 2. The summed E-state index contributed by atoms with van der Waals surface area (Å²) in [5.41, 5.74) is -0.169. The van der Waals surface area contributed by atoms with Gasteiger partial charge in [0.25, 0.3) is 11.8 Å². The van der Waals surface area contributed by atoms with E-state index in [1.54, 1.807) is 24.4 Å². The van der Waals surface area contributed by atoms with Gasteiger partial charge >= 0.3 is 0 Å². The van der Waals surface area contributed by atoms with Crippen LogP contribution >= 0.6 is 11.6 Å². The second-order valence-corrected chi connectivity index (χ2v) is 9.03. The summed E-state index contributed by atoms with van der Waals surface area (Å²) in [5, 5.41) is 6.37. The molecular weight excluding hydrogens is 421 g/mol. The highest BCUT2D eigenvalue weighted by molar-refractivity contribution is 6.30. The first kappa shape index (κ1) is 21.6. The largest absolute Gasteiger partial charge is 0.484 e. The third-order valence-corrected chi connectivity index (χ3v) is 6.97. The van der Waals surface area contributed by atoms with Crippen molar-refractivity contribution in [2.75, 3.05) is 6.61 Å². The van der Waals surface area contributed by atoms with Gasteiger partial charge in [-0.3, -0.25) is 14.6 Å². The molecule has 2 bridgehead atoms. The number of ether oxygens (including phenoxy) is 1. The van der Waals surface area contributed by atoms with Crippen molar-refractivity contribution >= 4 is 23.4 Å². The second-order valence-electron chi connectivity index (χ2n) is 8.62. The molecule has 0 unspecified atom stereocenters. The number of carbonyl (C=O) groups is 2. The maximum Gasteiger partial charge on any atom is 0.270 e. The van der Waals surface area contributed by atoms with Crippen LogP contribution in [0, 0.1) is 11.7 Å². The lowest BCUT2D eigenvalue weighted by atomic mass is 9.56. The van der Waals surface area contributed by atoms with E-state index >= 15 is 0 Å². The minimum absolute atomic E-state index is 0.00699. The van der Waals surface area contributed by atoms with Gasteiger partial charge in [-0.2, -0.15) is 0 Å². The van der Waals surface area contributed by atoms with Crippen molar-refractivity contribution in [3.05, 3.63) is 59.1 Å². The highest BCUT2D eigenvalue weighted by Gasteiger charge is 2.54. The van der Waals surface area contributed by atoms with Crippen LogP contribution in [0.5, 0.6) is 5.75 Å². The Balaban J connectivity index is 1.34. The zero-order chi connectivity index (χ0) is 22.1. The van der Waals surface area contributed by atoms with Gasteiger partial charge < -0.3 is 15.4 Å². The fourth-order valence-corrected chi connectivity index (χ4v) is 5.03. The molecule has 5 rings (SSSR count). The molecule has 6 nitrogen and oxygen atoms in total. The SMILES string of the molecule is C[C@H]1CC2(NC(=O)c3ccccn3)CCC1(NC(=O)COc1ccc(Cl)c(F)c1)CC2. The van der Waals surface area contributed by atoms with Crippen LogP contribution in [-0.4, -0.2) is 34.5 Å². The van der Waals surface area contributed by atoms with Crippen molar-refractivity contribution < 1.29 is 18.7 Å². The van der Waals surface area contributed by atoms with Crippen LogP contribution in [-0.2, 0) is 4.79 Å². The van der Waals surface area contributed by atoms with Crippen LogP contribution in [0.4, 0.5) is 4.39 Å². The minimum Gasteiger partial charge on any atom is -0.484 e. The van der Waals surface area contributed by atoms with Crippen LogP contribution < -0.4 is 15.4 Å². The number of hydrogen-bond acceptors (Lipinski definition) is 4. The molecule has 31 heavy (non-hydrogen) atoms. The molecule has 1 atom stereocenters. The second kappa shape index (κ2) is 8.46. The highest BCUT2D eigenvalue weighted by atomic mass is 35.5. The van der Waals surface area contributed by atoms with Crippen molar-refractivity contribution in [1.82, 2.24) is 15.6 Å². The molecule has 2 amide bonds. The predicted octanol–water partition coefficient (Wildman–Crippen LogP) is 3.89. The van der Waals surface area contributed by atoms with Gasteiger partial charge in [-0.15, -0.1) is 0 Å². The van der Waals surface area contributed by atoms with Crippen LogP contribution in [0.1, 0.15) is 49.5 Å². The number of fused-ring (bicyclic) bond motifs is 3. The Morgan fingerprint density at radius 2 is 1.97 bits per heavy atom. The van der Waals surface area contributed by atoms with Crippen molar-refractivity contribution in [3.63, 3.8) is 0 Å². The monoisotopic (exact) mass is 445 g/mol. The summed E-state index contributed by atoms with van der Waals surface area (Å²) < 4.78 is 19.0. The van der Waals surface area contributed by atoms with E-state index in [0.717, 1.165) is 38.2 Å². The highest BCUT2D eigenvalue weighted by Crippen LogP contribution is 2.50. The number of nitrogens with zero attached hydrogens (tertiary/aromatic N) is 1.